The van der Waals surface area contributed by atoms with Crippen molar-refractivity contribution in [2.75, 3.05) is 5.32 Å². The van der Waals surface area contributed by atoms with Crippen LogP contribution >= 0.6 is 0 Å². The van der Waals surface area contributed by atoms with Crippen LogP contribution in [0.2, 0.25) is 0 Å². The maximum atomic E-state index is 9.33. The molecular weight excluding hydrogens is 290 g/mol. The minimum atomic E-state index is 0.217. The molecule has 0 atom stereocenters. The van der Waals surface area contributed by atoms with Crippen molar-refractivity contribution >= 4 is 22.8 Å². The zero-order valence-corrected chi connectivity index (χ0v) is 12.1. The first-order valence-electron chi connectivity index (χ1n) is 7.11. The molecule has 6 heteroatoms. The van der Waals surface area contributed by atoms with E-state index in [1.54, 1.807) is 36.8 Å². The van der Waals surface area contributed by atoms with E-state index in [-0.39, 0.29) is 5.75 Å². The van der Waals surface area contributed by atoms with Crippen molar-refractivity contribution in [2.24, 2.45) is 0 Å². The maximum Gasteiger partial charge on any atom is 0.229 e. The summed E-state index contributed by atoms with van der Waals surface area (Å²) >= 11 is 0. The second kappa shape index (κ2) is 5.42. The maximum absolute atomic E-state index is 9.33. The molecule has 0 unspecified atom stereocenters. The van der Waals surface area contributed by atoms with Crippen molar-refractivity contribution in [1.29, 1.82) is 0 Å². The number of nitrogens with one attached hydrogen (secondary N) is 1. The predicted molar refractivity (Wildman–Crippen MR) is 88.0 cm³/mol. The van der Waals surface area contributed by atoms with Crippen LogP contribution in [0.3, 0.4) is 0 Å². The number of rotatable bonds is 3. The van der Waals surface area contributed by atoms with E-state index in [2.05, 4.69) is 20.3 Å². The van der Waals surface area contributed by atoms with Crippen molar-refractivity contribution < 1.29 is 5.11 Å². The normalized spacial score (nSPS) is 10.8. The third-order valence-corrected chi connectivity index (χ3v) is 3.45. The van der Waals surface area contributed by atoms with Gasteiger partial charge in [-0.15, -0.1) is 0 Å². The number of nitrogens with zero attached hydrogens (tertiary/aromatic N) is 4. The molecule has 112 valence electrons. The van der Waals surface area contributed by atoms with E-state index in [0.717, 1.165) is 22.5 Å². The zero-order chi connectivity index (χ0) is 15.6. The summed E-state index contributed by atoms with van der Waals surface area (Å²) in [5.41, 5.74) is 3.25. The quantitative estimate of drug-likeness (QED) is 0.568. The molecule has 6 nitrogen and oxygen atoms in total. The van der Waals surface area contributed by atoms with Gasteiger partial charge in [0.15, 0.2) is 5.65 Å². The molecule has 0 radical (unpaired) electrons. The number of para-hydroxylation sites is 1. The Bertz CT molecular complexity index is 948. The van der Waals surface area contributed by atoms with Gasteiger partial charge in [-0.2, -0.15) is 4.98 Å². The van der Waals surface area contributed by atoms with Crippen LogP contribution in [0.25, 0.3) is 16.9 Å². The molecule has 2 aromatic carbocycles. The summed E-state index contributed by atoms with van der Waals surface area (Å²) in [6.45, 7) is 0. The highest BCUT2D eigenvalue weighted by Gasteiger charge is 2.08. The SMILES string of the molecule is Oc1ccc(Nc2ncc3ncn(-c4ccccc4)c3n2)cc1. The molecule has 0 amide bonds. The number of aromatic nitrogens is 4. The summed E-state index contributed by atoms with van der Waals surface area (Å²) in [6, 6.07) is 16.6. The number of phenols is 1. The molecule has 0 aliphatic heterocycles. The van der Waals surface area contributed by atoms with Gasteiger partial charge in [-0.25, -0.2) is 9.97 Å². The van der Waals surface area contributed by atoms with Gasteiger partial charge >= 0.3 is 0 Å². The Kier molecular flexibility index (Phi) is 3.12. The number of anilines is 2. The summed E-state index contributed by atoms with van der Waals surface area (Å²) in [7, 11) is 0. The molecule has 0 saturated carbocycles. The first-order valence-corrected chi connectivity index (χ1v) is 7.11. The van der Waals surface area contributed by atoms with E-state index in [0.29, 0.717) is 5.95 Å². The van der Waals surface area contributed by atoms with E-state index < -0.39 is 0 Å². The Morgan fingerprint density at radius 3 is 2.48 bits per heavy atom. The number of hydrogen-bond acceptors (Lipinski definition) is 5. The zero-order valence-electron chi connectivity index (χ0n) is 12.1. The molecule has 0 saturated heterocycles. The van der Waals surface area contributed by atoms with E-state index in [4.69, 9.17) is 0 Å². The molecule has 0 aliphatic rings. The average molecular weight is 303 g/mol. The highest BCUT2D eigenvalue weighted by molar-refractivity contribution is 5.74. The van der Waals surface area contributed by atoms with Crippen LogP contribution < -0.4 is 5.32 Å². The Balaban J connectivity index is 1.73. The highest BCUT2D eigenvalue weighted by Crippen LogP contribution is 2.20. The summed E-state index contributed by atoms with van der Waals surface area (Å²) in [6.07, 6.45) is 3.42. The lowest BCUT2D eigenvalue weighted by molar-refractivity contribution is 0.475. The molecule has 4 rings (SSSR count). The predicted octanol–water partition coefficient (Wildman–Crippen LogP) is 3.26. The molecule has 0 aliphatic carbocycles. The fourth-order valence-corrected chi connectivity index (χ4v) is 2.32. The lowest BCUT2D eigenvalue weighted by Gasteiger charge is -2.06. The van der Waals surface area contributed by atoms with Crippen molar-refractivity contribution in [3.63, 3.8) is 0 Å². The van der Waals surface area contributed by atoms with E-state index in [1.807, 2.05) is 34.9 Å². The minimum absolute atomic E-state index is 0.217. The van der Waals surface area contributed by atoms with Crippen LogP contribution in [-0.4, -0.2) is 24.6 Å². The topological polar surface area (TPSA) is 75.9 Å². The molecule has 4 aromatic rings. The fraction of sp³-hybridized carbons (Fsp3) is 0. The second-order valence-corrected chi connectivity index (χ2v) is 5.02. The summed E-state index contributed by atoms with van der Waals surface area (Å²) in [5.74, 6) is 0.690. The van der Waals surface area contributed by atoms with Gasteiger partial charge < -0.3 is 10.4 Å². The highest BCUT2D eigenvalue weighted by atomic mass is 16.3. The van der Waals surface area contributed by atoms with Crippen LogP contribution in [0.15, 0.2) is 67.1 Å². The van der Waals surface area contributed by atoms with Crippen molar-refractivity contribution in [1.82, 2.24) is 19.5 Å². The van der Waals surface area contributed by atoms with Gasteiger partial charge in [-0.05, 0) is 36.4 Å². The molecule has 23 heavy (non-hydrogen) atoms. The van der Waals surface area contributed by atoms with Crippen molar-refractivity contribution in [3.8, 4) is 11.4 Å². The van der Waals surface area contributed by atoms with E-state index >= 15 is 0 Å². The molecule has 0 fully saturated rings. The lowest BCUT2D eigenvalue weighted by atomic mass is 10.3. The summed E-state index contributed by atoms with van der Waals surface area (Å²) in [5, 5.41) is 12.4. The Morgan fingerprint density at radius 2 is 1.70 bits per heavy atom. The number of fused-ring (bicyclic) bond motifs is 1. The van der Waals surface area contributed by atoms with Crippen molar-refractivity contribution in [3.05, 3.63) is 67.1 Å². The third-order valence-electron chi connectivity index (χ3n) is 3.45. The molecule has 2 heterocycles. The first-order chi connectivity index (χ1) is 11.3. The van der Waals surface area contributed by atoms with Crippen LogP contribution in [-0.2, 0) is 0 Å². The van der Waals surface area contributed by atoms with Gasteiger partial charge in [-0.1, -0.05) is 18.2 Å². The number of benzene rings is 2. The van der Waals surface area contributed by atoms with Crippen LogP contribution in [0.5, 0.6) is 5.75 Å². The monoisotopic (exact) mass is 303 g/mol. The number of aromatic hydroxyl groups is 1. The van der Waals surface area contributed by atoms with Gasteiger partial charge in [0.25, 0.3) is 0 Å². The fourth-order valence-electron chi connectivity index (χ4n) is 2.32. The standard InChI is InChI=1S/C17H13N5O/c23-14-8-6-12(7-9-14)20-17-18-10-15-16(21-17)22(11-19-15)13-4-2-1-3-5-13/h1-11,23H,(H,18,20,21). The summed E-state index contributed by atoms with van der Waals surface area (Å²) < 4.78 is 1.92. The number of imidazole rings is 1. The van der Waals surface area contributed by atoms with Gasteiger partial charge in [0, 0.05) is 11.4 Å². The Labute approximate surface area is 132 Å². The van der Waals surface area contributed by atoms with Crippen LogP contribution in [0, 0.1) is 0 Å². The second-order valence-electron chi connectivity index (χ2n) is 5.02. The van der Waals surface area contributed by atoms with E-state index in [1.165, 1.54) is 0 Å². The van der Waals surface area contributed by atoms with Gasteiger partial charge in [-0.3, -0.25) is 4.57 Å². The average Bonchev–Trinajstić information content (AvgIpc) is 3.01. The molecule has 0 bridgehead atoms. The largest absolute Gasteiger partial charge is 0.508 e. The summed E-state index contributed by atoms with van der Waals surface area (Å²) in [4.78, 5) is 13.1. The van der Waals surface area contributed by atoms with Crippen LogP contribution in [0.1, 0.15) is 0 Å². The molecule has 2 N–H and O–H groups in total. The minimum Gasteiger partial charge on any atom is -0.508 e. The Hall–Kier alpha value is -3.41. The van der Waals surface area contributed by atoms with Crippen LogP contribution in [0.4, 0.5) is 11.6 Å². The lowest BCUT2D eigenvalue weighted by Crippen LogP contribution is -1.99. The number of phenolic OH excluding ortho intramolecular Hbond substituents is 1. The number of hydrogen-bond donors (Lipinski definition) is 2. The Morgan fingerprint density at radius 1 is 0.913 bits per heavy atom. The first kappa shape index (κ1) is 13.3. The molecule has 0 spiro atoms. The van der Waals surface area contributed by atoms with Gasteiger partial charge in [0.1, 0.15) is 17.6 Å². The van der Waals surface area contributed by atoms with E-state index in [9.17, 15) is 5.11 Å². The van der Waals surface area contributed by atoms with Gasteiger partial charge in [0.05, 0.1) is 6.20 Å². The molecular formula is C17H13N5O. The third kappa shape index (κ3) is 2.57. The smallest absolute Gasteiger partial charge is 0.229 e. The van der Waals surface area contributed by atoms with Gasteiger partial charge in [0.2, 0.25) is 5.95 Å². The van der Waals surface area contributed by atoms with Crippen molar-refractivity contribution in [2.45, 2.75) is 0 Å². The molecule has 2 aromatic heterocycles.